The highest BCUT2D eigenvalue weighted by atomic mass is 15.0. The highest BCUT2D eigenvalue weighted by Crippen LogP contribution is 2.40. The third-order valence-corrected chi connectivity index (χ3v) is 4.86. The van der Waals surface area contributed by atoms with E-state index in [4.69, 9.17) is 5.73 Å². The Kier molecular flexibility index (Phi) is 5.54. The van der Waals surface area contributed by atoms with Gasteiger partial charge in [-0.1, -0.05) is 53.4 Å². The lowest BCUT2D eigenvalue weighted by Gasteiger charge is -2.34. The quantitative estimate of drug-likeness (QED) is 0.699. The van der Waals surface area contributed by atoms with Gasteiger partial charge in [-0.15, -0.1) is 0 Å². The zero-order valence-electron chi connectivity index (χ0n) is 14.5. The Morgan fingerprint density at radius 1 is 1.24 bits per heavy atom. The van der Waals surface area contributed by atoms with Gasteiger partial charge >= 0.3 is 0 Å². The van der Waals surface area contributed by atoms with Crippen molar-refractivity contribution < 1.29 is 0 Å². The van der Waals surface area contributed by atoms with E-state index in [1.54, 1.807) is 0 Å². The first-order valence-electron chi connectivity index (χ1n) is 8.82. The molecule has 2 nitrogen and oxygen atoms in total. The van der Waals surface area contributed by atoms with Gasteiger partial charge in [-0.2, -0.15) is 0 Å². The molecule has 2 heteroatoms. The first-order chi connectivity index (χ1) is 9.89. The van der Waals surface area contributed by atoms with Crippen LogP contribution in [-0.4, -0.2) is 4.57 Å². The first-order valence-corrected chi connectivity index (χ1v) is 8.82. The summed E-state index contributed by atoms with van der Waals surface area (Å²) in [6, 6.07) is 2.49. The van der Waals surface area contributed by atoms with Crippen molar-refractivity contribution in [2.75, 3.05) is 0 Å². The average Bonchev–Trinajstić information content (AvgIpc) is 2.75. The van der Waals surface area contributed by atoms with Crippen LogP contribution in [0.1, 0.15) is 83.5 Å². The standard InChI is InChI=1S/C19H34N2/c1-15(2)9-7-5-6-8-11-21-12-10-16-17(20)13-19(3,4)14-18(16)21/h10,12,15,17H,5-9,11,13-14,20H2,1-4H3. The van der Waals surface area contributed by atoms with E-state index < -0.39 is 0 Å². The van der Waals surface area contributed by atoms with Crippen molar-refractivity contribution in [3.63, 3.8) is 0 Å². The largest absolute Gasteiger partial charge is 0.351 e. The van der Waals surface area contributed by atoms with Gasteiger partial charge in [0.25, 0.3) is 0 Å². The van der Waals surface area contributed by atoms with Crippen LogP contribution in [0.5, 0.6) is 0 Å². The average molecular weight is 290 g/mol. The second kappa shape index (κ2) is 7.00. The van der Waals surface area contributed by atoms with E-state index >= 15 is 0 Å². The number of unbranched alkanes of at least 4 members (excludes halogenated alkanes) is 3. The predicted molar refractivity (Wildman–Crippen MR) is 91.4 cm³/mol. The van der Waals surface area contributed by atoms with Crippen LogP contribution in [0.2, 0.25) is 0 Å². The number of aromatic nitrogens is 1. The summed E-state index contributed by atoms with van der Waals surface area (Å²) in [6.07, 6.45) is 11.4. The molecule has 1 aromatic heterocycles. The lowest BCUT2D eigenvalue weighted by Crippen LogP contribution is -2.30. The molecular formula is C19H34N2. The molecule has 120 valence electrons. The molecular weight excluding hydrogens is 256 g/mol. The number of hydrogen-bond donors (Lipinski definition) is 1. The van der Waals surface area contributed by atoms with E-state index in [2.05, 4.69) is 44.5 Å². The van der Waals surface area contributed by atoms with Crippen molar-refractivity contribution in [3.8, 4) is 0 Å². The maximum atomic E-state index is 6.34. The number of rotatable bonds is 7. The molecule has 1 aromatic rings. The third kappa shape index (κ3) is 4.60. The van der Waals surface area contributed by atoms with Crippen molar-refractivity contribution in [1.82, 2.24) is 4.57 Å². The molecule has 1 aliphatic rings. The molecule has 0 spiro atoms. The Hall–Kier alpha value is -0.760. The van der Waals surface area contributed by atoms with Crippen molar-refractivity contribution in [1.29, 1.82) is 0 Å². The highest BCUT2D eigenvalue weighted by Gasteiger charge is 2.32. The minimum absolute atomic E-state index is 0.232. The summed E-state index contributed by atoms with van der Waals surface area (Å²) in [5.74, 6) is 0.852. The summed E-state index contributed by atoms with van der Waals surface area (Å²) in [5.41, 5.74) is 9.59. The van der Waals surface area contributed by atoms with Crippen LogP contribution < -0.4 is 5.73 Å². The smallest absolute Gasteiger partial charge is 0.0318 e. The molecule has 2 rings (SSSR count). The minimum Gasteiger partial charge on any atom is -0.351 e. The second-order valence-electron chi connectivity index (χ2n) is 8.16. The summed E-state index contributed by atoms with van der Waals surface area (Å²) in [6.45, 7) is 10.5. The molecule has 0 saturated heterocycles. The maximum Gasteiger partial charge on any atom is 0.0318 e. The van der Waals surface area contributed by atoms with Crippen LogP contribution in [0.4, 0.5) is 0 Å². The molecule has 1 unspecified atom stereocenters. The Morgan fingerprint density at radius 3 is 2.67 bits per heavy atom. The molecule has 0 radical (unpaired) electrons. The summed E-state index contributed by atoms with van der Waals surface area (Å²) >= 11 is 0. The molecule has 0 aliphatic heterocycles. The van der Waals surface area contributed by atoms with E-state index in [9.17, 15) is 0 Å². The van der Waals surface area contributed by atoms with Gasteiger partial charge in [0.05, 0.1) is 0 Å². The van der Waals surface area contributed by atoms with Crippen LogP contribution in [0.25, 0.3) is 0 Å². The molecule has 1 atom stereocenters. The summed E-state index contributed by atoms with van der Waals surface area (Å²) in [4.78, 5) is 0. The van der Waals surface area contributed by atoms with Crippen LogP contribution in [0, 0.1) is 11.3 Å². The van der Waals surface area contributed by atoms with Gasteiger partial charge in [0, 0.05) is 24.5 Å². The van der Waals surface area contributed by atoms with Gasteiger partial charge in [0.15, 0.2) is 0 Å². The Labute approximate surface area is 131 Å². The fourth-order valence-electron chi connectivity index (χ4n) is 3.69. The predicted octanol–water partition coefficient (Wildman–Crippen LogP) is 5.07. The van der Waals surface area contributed by atoms with E-state index in [0.29, 0.717) is 5.41 Å². The van der Waals surface area contributed by atoms with E-state index in [1.807, 2.05) is 0 Å². The van der Waals surface area contributed by atoms with Gasteiger partial charge < -0.3 is 10.3 Å². The molecule has 1 heterocycles. The fraction of sp³-hybridized carbons (Fsp3) is 0.789. The Morgan fingerprint density at radius 2 is 1.95 bits per heavy atom. The van der Waals surface area contributed by atoms with Gasteiger partial charge in [-0.25, -0.2) is 0 Å². The Bertz CT molecular complexity index is 442. The second-order valence-corrected chi connectivity index (χ2v) is 8.16. The van der Waals surface area contributed by atoms with Crippen LogP contribution >= 0.6 is 0 Å². The van der Waals surface area contributed by atoms with Gasteiger partial charge in [-0.3, -0.25) is 0 Å². The minimum atomic E-state index is 0.232. The fourth-order valence-corrected chi connectivity index (χ4v) is 3.69. The van der Waals surface area contributed by atoms with E-state index in [-0.39, 0.29) is 6.04 Å². The van der Waals surface area contributed by atoms with Gasteiger partial charge in [0.1, 0.15) is 0 Å². The molecule has 0 amide bonds. The van der Waals surface area contributed by atoms with Crippen molar-refractivity contribution in [3.05, 3.63) is 23.5 Å². The van der Waals surface area contributed by atoms with Crippen LogP contribution in [-0.2, 0) is 13.0 Å². The number of nitrogens with two attached hydrogens (primary N) is 1. The number of nitrogens with zero attached hydrogens (tertiary/aromatic N) is 1. The van der Waals surface area contributed by atoms with Crippen LogP contribution in [0.15, 0.2) is 12.3 Å². The SMILES string of the molecule is CC(C)CCCCCCn1ccc2c1CC(C)(C)CC2N. The van der Waals surface area contributed by atoms with Crippen molar-refractivity contribution >= 4 is 0 Å². The number of aryl methyl sites for hydroxylation is 1. The molecule has 2 N–H and O–H groups in total. The molecule has 0 bridgehead atoms. The molecule has 0 saturated carbocycles. The van der Waals surface area contributed by atoms with Crippen LogP contribution in [0.3, 0.4) is 0 Å². The number of fused-ring (bicyclic) bond motifs is 1. The van der Waals surface area contributed by atoms with E-state index in [1.165, 1.54) is 56.3 Å². The summed E-state index contributed by atoms with van der Waals surface area (Å²) in [5, 5.41) is 0. The lowest BCUT2D eigenvalue weighted by molar-refractivity contribution is 0.274. The topological polar surface area (TPSA) is 30.9 Å². The van der Waals surface area contributed by atoms with Gasteiger partial charge in [0.2, 0.25) is 0 Å². The zero-order valence-corrected chi connectivity index (χ0v) is 14.5. The van der Waals surface area contributed by atoms with E-state index in [0.717, 1.165) is 12.3 Å². The third-order valence-electron chi connectivity index (χ3n) is 4.86. The molecule has 1 aliphatic carbocycles. The number of hydrogen-bond acceptors (Lipinski definition) is 1. The van der Waals surface area contributed by atoms with Gasteiger partial charge in [-0.05, 0) is 42.2 Å². The molecule has 0 aromatic carbocycles. The lowest BCUT2D eigenvalue weighted by atomic mass is 9.74. The summed E-state index contributed by atoms with van der Waals surface area (Å²) < 4.78 is 2.47. The molecule has 21 heavy (non-hydrogen) atoms. The maximum absolute atomic E-state index is 6.34. The normalized spacial score (nSPS) is 20.8. The van der Waals surface area contributed by atoms with Crippen molar-refractivity contribution in [2.45, 2.75) is 85.2 Å². The monoisotopic (exact) mass is 290 g/mol. The zero-order chi connectivity index (χ0) is 15.5. The summed E-state index contributed by atoms with van der Waals surface area (Å²) in [7, 11) is 0. The molecule has 0 fully saturated rings. The van der Waals surface area contributed by atoms with Crippen molar-refractivity contribution in [2.24, 2.45) is 17.1 Å². The highest BCUT2D eigenvalue weighted by molar-refractivity contribution is 5.30. The Balaban J connectivity index is 1.83. The first kappa shape index (κ1) is 16.6.